The molecule has 2 N–H and O–H groups in total. The topological polar surface area (TPSA) is 40.5 Å². The van der Waals surface area contributed by atoms with Gasteiger partial charge in [0.05, 0.1) is 12.2 Å². The van der Waals surface area contributed by atoms with Gasteiger partial charge in [0.25, 0.3) is 0 Å². The fraction of sp³-hybridized carbons (Fsp3) is 0.875. The maximum absolute atomic E-state index is 10.5. The molecule has 0 heterocycles. The lowest BCUT2D eigenvalue weighted by Crippen LogP contribution is -2.47. The normalized spacial score (nSPS) is 42.1. The molecule has 0 aliphatic heterocycles. The van der Waals surface area contributed by atoms with Crippen LogP contribution in [0.25, 0.3) is 0 Å². The molecule has 0 radical (unpaired) electrons. The van der Waals surface area contributed by atoms with Gasteiger partial charge in [-0.15, -0.1) is 0 Å². The number of hydrogen-bond acceptors (Lipinski definition) is 2. The van der Waals surface area contributed by atoms with Crippen LogP contribution in [0.3, 0.4) is 0 Å². The molecule has 0 aromatic carbocycles. The Morgan fingerprint density at radius 3 is 2.39 bits per heavy atom. The van der Waals surface area contributed by atoms with E-state index < -0.39 is 5.60 Å². The lowest BCUT2D eigenvalue weighted by molar-refractivity contribution is -0.0831. The van der Waals surface area contributed by atoms with Gasteiger partial charge in [-0.1, -0.05) is 32.9 Å². The predicted molar refractivity (Wildman–Crippen MR) is 74.2 cm³/mol. The Balaban J connectivity index is 2.34. The summed E-state index contributed by atoms with van der Waals surface area (Å²) in [5, 5.41) is 20.0. The van der Waals surface area contributed by atoms with Gasteiger partial charge in [-0.25, -0.2) is 0 Å². The molecule has 2 rings (SSSR count). The maximum atomic E-state index is 10.5. The summed E-state index contributed by atoms with van der Waals surface area (Å²) in [5.41, 5.74) is -0.568. The number of aliphatic hydroxyl groups excluding tert-OH is 1. The summed E-state index contributed by atoms with van der Waals surface area (Å²) in [7, 11) is 0. The van der Waals surface area contributed by atoms with Crippen LogP contribution in [0.2, 0.25) is 0 Å². The van der Waals surface area contributed by atoms with Crippen LogP contribution in [0.5, 0.6) is 0 Å². The van der Waals surface area contributed by atoms with E-state index in [1.165, 1.54) is 6.42 Å². The Hall–Kier alpha value is -0.340. The monoisotopic (exact) mass is 252 g/mol. The summed E-state index contributed by atoms with van der Waals surface area (Å²) >= 11 is 0. The summed E-state index contributed by atoms with van der Waals surface area (Å²) in [6, 6.07) is 0. The van der Waals surface area contributed by atoms with Crippen LogP contribution >= 0.6 is 0 Å². The van der Waals surface area contributed by atoms with E-state index in [1.807, 2.05) is 0 Å². The molecule has 0 aromatic heterocycles. The minimum absolute atomic E-state index is 0.0990. The first-order valence-corrected chi connectivity index (χ1v) is 7.27. The van der Waals surface area contributed by atoms with E-state index in [4.69, 9.17) is 0 Å². The van der Waals surface area contributed by atoms with Gasteiger partial charge in [0.1, 0.15) is 0 Å². The molecule has 0 amide bonds. The molecule has 104 valence electrons. The van der Waals surface area contributed by atoms with Crippen LogP contribution in [0.15, 0.2) is 12.2 Å². The average molecular weight is 252 g/mol. The van der Waals surface area contributed by atoms with E-state index >= 15 is 0 Å². The van der Waals surface area contributed by atoms with E-state index in [0.717, 1.165) is 19.3 Å². The first-order chi connectivity index (χ1) is 8.23. The number of allylic oxidation sites excluding steroid dienone is 2. The van der Waals surface area contributed by atoms with Crippen LogP contribution in [-0.2, 0) is 0 Å². The van der Waals surface area contributed by atoms with Crippen LogP contribution in [-0.4, -0.2) is 22.4 Å². The summed E-state index contributed by atoms with van der Waals surface area (Å²) < 4.78 is 0. The van der Waals surface area contributed by atoms with E-state index in [9.17, 15) is 10.2 Å². The standard InChI is InChI=1S/C16H28O2/c1-12-5-6-13(15(4,18)11-17)16(12)9-7-14(2,3)8-10-16/h7,9,12-13,17-18H,5-6,8,10-11H2,1-4H3/t12-,13+,15+,16+/m0/s1. The predicted octanol–water partition coefficient (Wildman–Crippen LogP) is 3.14. The van der Waals surface area contributed by atoms with E-state index in [0.29, 0.717) is 5.92 Å². The second-order valence-electron chi connectivity index (χ2n) is 7.48. The van der Waals surface area contributed by atoms with Crippen LogP contribution < -0.4 is 0 Å². The highest BCUT2D eigenvalue weighted by Gasteiger charge is 2.54. The van der Waals surface area contributed by atoms with Gasteiger partial charge in [0.2, 0.25) is 0 Å². The molecule has 2 aliphatic carbocycles. The van der Waals surface area contributed by atoms with Crippen molar-refractivity contribution in [3.63, 3.8) is 0 Å². The molecule has 0 aromatic rings. The second kappa shape index (κ2) is 4.35. The van der Waals surface area contributed by atoms with Gasteiger partial charge in [-0.3, -0.25) is 0 Å². The first kappa shape index (κ1) is 14.1. The van der Waals surface area contributed by atoms with Crippen molar-refractivity contribution >= 4 is 0 Å². The van der Waals surface area contributed by atoms with Crippen molar-refractivity contribution in [2.45, 2.75) is 59.0 Å². The van der Waals surface area contributed by atoms with Crippen molar-refractivity contribution in [1.82, 2.24) is 0 Å². The lowest BCUT2D eigenvalue weighted by Gasteiger charge is -2.47. The van der Waals surface area contributed by atoms with Crippen LogP contribution in [0.4, 0.5) is 0 Å². The average Bonchev–Trinajstić information content (AvgIpc) is 2.62. The smallest absolute Gasteiger partial charge is 0.0885 e. The summed E-state index contributed by atoms with van der Waals surface area (Å²) in [6.07, 6.45) is 9.19. The first-order valence-electron chi connectivity index (χ1n) is 7.27. The van der Waals surface area contributed by atoms with Gasteiger partial charge < -0.3 is 10.2 Å². The lowest BCUT2D eigenvalue weighted by atomic mass is 9.59. The third kappa shape index (κ3) is 2.14. The van der Waals surface area contributed by atoms with Crippen molar-refractivity contribution in [3.8, 4) is 0 Å². The molecule has 1 spiro atoms. The highest BCUT2D eigenvalue weighted by molar-refractivity contribution is 5.18. The minimum Gasteiger partial charge on any atom is -0.393 e. The molecular formula is C16H28O2. The van der Waals surface area contributed by atoms with Gasteiger partial charge >= 0.3 is 0 Å². The molecular weight excluding hydrogens is 224 g/mol. The molecule has 2 aliphatic rings. The zero-order chi connectivity index (χ0) is 13.6. The molecule has 0 saturated heterocycles. The number of rotatable bonds is 2. The molecule has 0 unspecified atom stereocenters. The fourth-order valence-electron chi connectivity index (χ4n) is 4.08. The molecule has 4 atom stereocenters. The highest BCUT2D eigenvalue weighted by atomic mass is 16.3. The third-order valence-electron chi connectivity index (χ3n) is 5.57. The van der Waals surface area contributed by atoms with E-state index in [2.05, 4.69) is 32.9 Å². The molecule has 1 fully saturated rings. The molecule has 1 saturated carbocycles. The van der Waals surface area contributed by atoms with Gasteiger partial charge in [-0.2, -0.15) is 0 Å². The minimum atomic E-state index is -0.948. The van der Waals surface area contributed by atoms with Crippen molar-refractivity contribution in [3.05, 3.63) is 12.2 Å². The van der Waals surface area contributed by atoms with Gasteiger partial charge in [-0.05, 0) is 55.3 Å². The number of hydrogen-bond donors (Lipinski definition) is 2. The number of aliphatic hydroxyl groups is 2. The largest absolute Gasteiger partial charge is 0.393 e. The van der Waals surface area contributed by atoms with Gasteiger partial charge in [0.15, 0.2) is 0 Å². The SMILES string of the molecule is C[C@H]1CC[C@H]([C@](C)(O)CO)[C@@]12C=CC(C)(C)CC2. The Kier molecular flexibility index (Phi) is 3.40. The third-order valence-corrected chi connectivity index (χ3v) is 5.57. The maximum Gasteiger partial charge on any atom is 0.0885 e. The quantitative estimate of drug-likeness (QED) is 0.741. The van der Waals surface area contributed by atoms with E-state index in [-0.39, 0.29) is 23.4 Å². The van der Waals surface area contributed by atoms with Crippen LogP contribution in [0, 0.1) is 22.7 Å². The highest BCUT2D eigenvalue weighted by Crippen LogP contribution is 2.58. The molecule has 18 heavy (non-hydrogen) atoms. The van der Waals surface area contributed by atoms with Crippen molar-refractivity contribution in [2.24, 2.45) is 22.7 Å². The Morgan fingerprint density at radius 1 is 1.22 bits per heavy atom. The van der Waals surface area contributed by atoms with E-state index in [1.54, 1.807) is 6.92 Å². The summed E-state index contributed by atoms with van der Waals surface area (Å²) in [6.45, 7) is 8.51. The van der Waals surface area contributed by atoms with Crippen molar-refractivity contribution < 1.29 is 10.2 Å². The summed E-state index contributed by atoms with van der Waals surface area (Å²) in [4.78, 5) is 0. The molecule has 0 bridgehead atoms. The Labute approximate surface area is 111 Å². The Morgan fingerprint density at radius 2 is 1.89 bits per heavy atom. The summed E-state index contributed by atoms with van der Waals surface area (Å²) in [5.74, 6) is 0.797. The van der Waals surface area contributed by atoms with Crippen molar-refractivity contribution in [2.75, 3.05) is 6.61 Å². The zero-order valence-electron chi connectivity index (χ0n) is 12.2. The zero-order valence-corrected chi connectivity index (χ0v) is 12.2. The second-order valence-corrected chi connectivity index (χ2v) is 7.48. The molecule has 2 nitrogen and oxygen atoms in total. The van der Waals surface area contributed by atoms with Crippen molar-refractivity contribution in [1.29, 1.82) is 0 Å². The molecule has 2 heteroatoms. The van der Waals surface area contributed by atoms with Gasteiger partial charge in [0, 0.05) is 0 Å². The van der Waals surface area contributed by atoms with Crippen LogP contribution in [0.1, 0.15) is 53.4 Å². The fourth-order valence-corrected chi connectivity index (χ4v) is 4.08. The Bertz CT molecular complexity index is 343.